The zero-order valence-electron chi connectivity index (χ0n) is 30.1. The van der Waals surface area contributed by atoms with Crippen LogP contribution in [0.1, 0.15) is 78.1 Å². The Bertz CT molecular complexity index is 1950. The van der Waals surface area contributed by atoms with E-state index in [9.17, 15) is 31.4 Å². The van der Waals surface area contributed by atoms with Crippen molar-refractivity contribution in [3.63, 3.8) is 0 Å². The van der Waals surface area contributed by atoms with Gasteiger partial charge in [0.15, 0.2) is 17.5 Å². The average molecular weight is 717 g/mol. The molecule has 0 amide bonds. The highest BCUT2D eigenvalue weighted by Gasteiger charge is 2.78. The summed E-state index contributed by atoms with van der Waals surface area (Å²) in [5.74, 6) is -2.63. The lowest BCUT2D eigenvalue weighted by atomic mass is 9.79. The summed E-state index contributed by atoms with van der Waals surface area (Å²) in [7, 11) is 0.756. The molecule has 0 bridgehead atoms. The van der Waals surface area contributed by atoms with Gasteiger partial charge in [0, 0.05) is 23.7 Å². The average Bonchev–Trinajstić information content (AvgIpc) is 3.52. The van der Waals surface area contributed by atoms with Gasteiger partial charge in [0.25, 0.3) is 5.60 Å². The largest absolute Gasteiger partial charge is 0.428 e. The number of rotatable bonds is 7. The third-order valence-corrected chi connectivity index (χ3v) is 10.3. The maximum atomic E-state index is 16.2. The molecule has 0 aliphatic rings. The molecule has 50 heavy (non-hydrogen) atoms. The molecule has 0 saturated heterocycles. The van der Waals surface area contributed by atoms with Crippen molar-refractivity contribution in [1.29, 1.82) is 0 Å². The summed E-state index contributed by atoms with van der Waals surface area (Å²) in [6.07, 6.45) is -12.4. The van der Waals surface area contributed by atoms with Crippen LogP contribution in [0.15, 0.2) is 4.52 Å². The Hall–Kier alpha value is -4.08. The highest BCUT2D eigenvalue weighted by Crippen LogP contribution is 2.52. The Morgan fingerprint density at radius 1 is 0.680 bits per heavy atom. The molecule has 1 aromatic carbocycles. The van der Waals surface area contributed by atoms with Gasteiger partial charge >= 0.3 is 12.4 Å². The van der Waals surface area contributed by atoms with Gasteiger partial charge in [-0.25, -0.2) is 18.7 Å². The molecule has 274 valence electrons. The van der Waals surface area contributed by atoms with E-state index < -0.39 is 52.2 Å². The van der Waals surface area contributed by atoms with Crippen LogP contribution in [0.4, 0.5) is 40.9 Å². The summed E-state index contributed by atoms with van der Waals surface area (Å²) in [5, 5.41) is 19.3. The Kier molecular flexibility index (Phi) is 9.30. The maximum Gasteiger partial charge on any atom is 0.428 e. The van der Waals surface area contributed by atoms with Crippen molar-refractivity contribution in [1.82, 2.24) is 24.9 Å². The van der Waals surface area contributed by atoms with E-state index in [0.29, 0.717) is 58.8 Å². The number of aryl methyl sites for hydroxylation is 2. The number of alkyl halides is 6. The molecule has 0 radical (unpaired) electrons. The van der Waals surface area contributed by atoms with E-state index >= 15 is 8.78 Å². The van der Waals surface area contributed by atoms with E-state index in [1.54, 1.807) is 48.5 Å². The van der Waals surface area contributed by atoms with Crippen LogP contribution in [-0.4, -0.2) is 60.6 Å². The second-order valence-electron chi connectivity index (χ2n) is 13.8. The number of likely N-dealkylation sites (N-methyl/N-ethyl adjacent to an activating group) is 1. The molecule has 3 aromatic heterocycles. The predicted molar refractivity (Wildman–Crippen MR) is 171 cm³/mol. The second kappa shape index (κ2) is 12.0. The van der Waals surface area contributed by atoms with Gasteiger partial charge in [-0.15, -0.1) is 0 Å². The van der Waals surface area contributed by atoms with Crippen molar-refractivity contribution in [2.45, 2.75) is 112 Å². The summed E-state index contributed by atoms with van der Waals surface area (Å²) in [4.78, 5) is 8.57. The van der Waals surface area contributed by atoms with E-state index in [-0.39, 0.29) is 16.4 Å². The molecule has 0 spiro atoms. The molecule has 0 saturated carbocycles. The molecule has 0 unspecified atom stereocenters. The normalized spacial score (nSPS) is 13.4. The summed E-state index contributed by atoms with van der Waals surface area (Å²) in [6.45, 7) is 17.7. The van der Waals surface area contributed by atoms with Crippen molar-refractivity contribution < 1.29 is 44.8 Å². The highest BCUT2D eigenvalue weighted by molar-refractivity contribution is 5.72. The van der Waals surface area contributed by atoms with Crippen LogP contribution in [0.25, 0.3) is 22.9 Å². The molecule has 3 heterocycles. The summed E-state index contributed by atoms with van der Waals surface area (Å²) in [6, 6.07) is 0. The standard InChI is InChI=1S/C34H40F8N6O2/c1-14-15(2)17(4)23(35)22(16(14)3)30(9,10)48-27(25-18(5)21(8)50-46-25)19(6)26(45-48)28-43-20(7)24(36)29(44-28)47(13)31(11,12)32(49,33(37,38)39)34(40,41)42/h49H,1-13H3. The van der Waals surface area contributed by atoms with Crippen LogP contribution in [0, 0.1) is 67.0 Å². The molecule has 16 heteroatoms. The molecule has 0 atom stereocenters. The molecule has 0 aliphatic carbocycles. The van der Waals surface area contributed by atoms with Crippen molar-refractivity contribution >= 4 is 5.82 Å². The van der Waals surface area contributed by atoms with Crippen LogP contribution >= 0.6 is 0 Å². The van der Waals surface area contributed by atoms with E-state index in [1.165, 1.54) is 4.68 Å². The van der Waals surface area contributed by atoms with E-state index in [1.807, 2.05) is 13.8 Å². The molecule has 0 fully saturated rings. The molecule has 1 N–H and O–H groups in total. The van der Waals surface area contributed by atoms with Gasteiger partial charge in [-0.2, -0.15) is 31.4 Å². The number of nitrogens with zero attached hydrogens (tertiary/aromatic N) is 6. The third kappa shape index (κ3) is 5.44. The van der Waals surface area contributed by atoms with Crippen molar-refractivity contribution in [2.24, 2.45) is 0 Å². The SMILES string of the molecule is Cc1nc(-c2nn(C(C)(C)c3c(C)c(C)c(C)c(C)c3F)c(-c3noc(C)c3C)c2C)nc(N(C)C(C)(C)C(O)(C(F)(F)F)C(F)(F)F)c1F. The minimum atomic E-state index is -6.21. The highest BCUT2D eigenvalue weighted by atomic mass is 19.4. The number of aromatic nitrogens is 5. The van der Waals surface area contributed by atoms with Gasteiger partial charge in [-0.3, -0.25) is 4.68 Å². The molecular formula is C34H40F8N6O2. The summed E-state index contributed by atoms with van der Waals surface area (Å²) < 4.78 is 123. The van der Waals surface area contributed by atoms with E-state index in [0.717, 1.165) is 25.1 Å². The minimum Gasteiger partial charge on any atom is -0.372 e. The monoisotopic (exact) mass is 716 g/mol. The Morgan fingerprint density at radius 3 is 1.68 bits per heavy atom. The smallest absolute Gasteiger partial charge is 0.372 e. The number of hydrogen-bond donors (Lipinski definition) is 1. The lowest BCUT2D eigenvalue weighted by Gasteiger charge is -2.49. The van der Waals surface area contributed by atoms with Crippen LogP contribution in [-0.2, 0) is 5.54 Å². The molecular weight excluding hydrogens is 676 g/mol. The molecule has 4 rings (SSSR count). The van der Waals surface area contributed by atoms with Crippen molar-refractivity contribution in [2.75, 3.05) is 11.9 Å². The Labute approximate surface area is 284 Å². The summed E-state index contributed by atoms with van der Waals surface area (Å²) >= 11 is 0. The molecule has 8 nitrogen and oxygen atoms in total. The first-order valence-corrected chi connectivity index (χ1v) is 15.5. The van der Waals surface area contributed by atoms with Crippen LogP contribution in [0.5, 0.6) is 0 Å². The lowest BCUT2D eigenvalue weighted by Crippen LogP contribution is -2.73. The number of benzene rings is 1. The topological polar surface area (TPSA) is 93.1 Å². The van der Waals surface area contributed by atoms with Gasteiger partial charge in [0.2, 0.25) is 0 Å². The first-order valence-electron chi connectivity index (χ1n) is 15.5. The zero-order chi connectivity index (χ0) is 38.4. The van der Waals surface area contributed by atoms with Gasteiger partial charge in [-0.05, 0) is 105 Å². The van der Waals surface area contributed by atoms with Crippen molar-refractivity contribution in [3.05, 3.63) is 62.0 Å². The number of aliphatic hydroxyl groups is 1. The van der Waals surface area contributed by atoms with E-state index in [4.69, 9.17) is 9.62 Å². The van der Waals surface area contributed by atoms with Gasteiger partial charge in [0.05, 0.1) is 22.5 Å². The quantitative estimate of drug-likeness (QED) is 0.192. The molecule has 4 aromatic rings. The Balaban J connectivity index is 2.07. The number of anilines is 1. The maximum absolute atomic E-state index is 16.2. The third-order valence-electron chi connectivity index (χ3n) is 10.3. The fourth-order valence-electron chi connectivity index (χ4n) is 6.36. The fraction of sp³-hybridized carbons (Fsp3) is 0.529. The first kappa shape index (κ1) is 38.7. The van der Waals surface area contributed by atoms with E-state index in [2.05, 4.69) is 15.1 Å². The summed E-state index contributed by atoms with van der Waals surface area (Å²) in [5.41, 5.74) is -5.66. The zero-order valence-corrected chi connectivity index (χ0v) is 30.1. The lowest BCUT2D eigenvalue weighted by molar-refractivity contribution is -0.384. The Morgan fingerprint density at radius 2 is 1.20 bits per heavy atom. The van der Waals surface area contributed by atoms with Crippen molar-refractivity contribution in [3.8, 4) is 22.9 Å². The fourth-order valence-corrected chi connectivity index (χ4v) is 6.36. The number of hydrogen-bond acceptors (Lipinski definition) is 7. The number of halogens is 8. The van der Waals surface area contributed by atoms with Crippen LogP contribution in [0.3, 0.4) is 0 Å². The van der Waals surface area contributed by atoms with Crippen LogP contribution in [0.2, 0.25) is 0 Å². The van der Waals surface area contributed by atoms with Crippen LogP contribution < -0.4 is 4.90 Å². The first-order chi connectivity index (χ1) is 22.6. The minimum absolute atomic E-state index is 0.0378. The predicted octanol–water partition coefficient (Wildman–Crippen LogP) is 8.59. The molecule has 0 aliphatic heterocycles. The van der Waals surface area contributed by atoms with Gasteiger partial charge < -0.3 is 14.5 Å². The van der Waals surface area contributed by atoms with Gasteiger partial charge in [0.1, 0.15) is 23.0 Å². The van der Waals surface area contributed by atoms with Gasteiger partial charge in [-0.1, -0.05) is 5.16 Å². The second-order valence-corrected chi connectivity index (χ2v) is 13.8.